The van der Waals surface area contributed by atoms with Crippen LogP contribution < -0.4 is 5.73 Å². The Morgan fingerprint density at radius 2 is 1.90 bits per heavy atom. The second kappa shape index (κ2) is 5.92. The molecule has 0 saturated carbocycles. The fraction of sp³-hybridized carbons (Fsp3) is 0.188. The van der Waals surface area contributed by atoms with Gasteiger partial charge >= 0.3 is 0 Å². The molecule has 3 rings (SSSR count). The number of anilines is 1. The van der Waals surface area contributed by atoms with Crippen LogP contribution in [0.5, 0.6) is 0 Å². The van der Waals surface area contributed by atoms with E-state index in [1.54, 1.807) is 11.3 Å². The number of nitrogens with two attached hydrogens (primary N) is 1. The Labute approximate surface area is 122 Å². The number of rotatable bonds is 5. The lowest BCUT2D eigenvalue weighted by Gasteiger charge is -2.01. The van der Waals surface area contributed by atoms with Crippen molar-refractivity contribution in [3.63, 3.8) is 0 Å². The van der Waals surface area contributed by atoms with Crippen LogP contribution in [0.1, 0.15) is 17.7 Å². The van der Waals surface area contributed by atoms with Gasteiger partial charge in [0.2, 0.25) is 0 Å². The van der Waals surface area contributed by atoms with Gasteiger partial charge in [-0.05, 0) is 29.9 Å². The van der Waals surface area contributed by atoms with Gasteiger partial charge in [-0.3, -0.25) is 0 Å². The molecular weight excluding hydrogens is 268 g/mol. The Morgan fingerprint density at radius 1 is 1.05 bits per heavy atom. The molecule has 3 aromatic rings. The van der Waals surface area contributed by atoms with Gasteiger partial charge in [-0.2, -0.15) is 0 Å². The summed E-state index contributed by atoms with van der Waals surface area (Å²) < 4.78 is 5.39. The molecule has 3 nitrogen and oxygen atoms in total. The van der Waals surface area contributed by atoms with Crippen molar-refractivity contribution in [1.82, 2.24) is 5.16 Å². The number of aryl methyl sites for hydroxylation is 2. The second-order valence-corrected chi connectivity index (χ2v) is 5.63. The zero-order valence-corrected chi connectivity index (χ0v) is 11.9. The minimum absolute atomic E-state index is 0.488. The van der Waals surface area contributed by atoms with Gasteiger partial charge in [-0.1, -0.05) is 41.6 Å². The minimum atomic E-state index is 0.488. The van der Waals surface area contributed by atoms with Gasteiger partial charge in [0.25, 0.3) is 0 Å². The Hall–Kier alpha value is -2.07. The van der Waals surface area contributed by atoms with E-state index < -0.39 is 0 Å². The molecule has 0 radical (unpaired) electrons. The highest BCUT2D eigenvalue weighted by Crippen LogP contribution is 2.33. The third kappa shape index (κ3) is 2.75. The van der Waals surface area contributed by atoms with Gasteiger partial charge in [0.15, 0.2) is 5.82 Å². The van der Waals surface area contributed by atoms with Crippen molar-refractivity contribution >= 4 is 17.2 Å². The van der Waals surface area contributed by atoms with E-state index in [-0.39, 0.29) is 0 Å². The summed E-state index contributed by atoms with van der Waals surface area (Å²) in [5.41, 5.74) is 8.23. The quantitative estimate of drug-likeness (QED) is 0.765. The first kappa shape index (κ1) is 12.9. The molecule has 2 heterocycles. The molecule has 0 atom stereocenters. The predicted molar refractivity (Wildman–Crippen MR) is 82.7 cm³/mol. The average Bonchev–Trinajstić information content (AvgIpc) is 3.10. The lowest BCUT2D eigenvalue weighted by molar-refractivity contribution is 0.384. The average molecular weight is 284 g/mol. The molecule has 4 heteroatoms. The highest BCUT2D eigenvalue weighted by molar-refractivity contribution is 7.13. The van der Waals surface area contributed by atoms with Crippen LogP contribution in [-0.2, 0) is 12.8 Å². The monoisotopic (exact) mass is 284 g/mol. The number of hydrogen-bond donors (Lipinski definition) is 1. The number of hydrogen-bond acceptors (Lipinski definition) is 4. The van der Waals surface area contributed by atoms with E-state index in [4.69, 9.17) is 10.3 Å². The molecule has 0 fully saturated rings. The van der Waals surface area contributed by atoms with Crippen LogP contribution in [0.3, 0.4) is 0 Å². The first-order valence-corrected chi connectivity index (χ1v) is 7.54. The summed E-state index contributed by atoms with van der Waals surface area (Å²) >= 11 is 1.66. The standard InChI is InChI=1S/C16H16N2OS/c17-16-15(14-10-5-11-20-14)13(19-18-16)9-4-8-12-6-2-1-3-7-12/h1-3,5-7,10-11H,4,8-9H2,(H2,17,18). The molecule has 0 aliphatic rings. The normalized spacial score (nSPS) is 10.8. The number of nitrogen functional groups attached to an aromatic ring is 1. The van der Waals surface area contributed by atoms with Crippen LogP contribution in [0, 0.1) is 0 Å². The van der Waals surface area contributed by atoms with Crippen LogP contribution in [0.2, 0.25) is 0 Å². The van der Waals surface area contributed by atoms with Crippen molar-refractivity contribution < 1.29 is 4.52 Å². The summed E-state index contributed by atoms with van der Waals surface area (Å²) in [5, 5.41) is 5.94. The third-order valence-electron chi connectivity index (χ3n) is 3.27. The molecule has 0 saturated heterocycles. The Balaban J connectivity index is 1.70. The van der Waals surface area contributed by atoms with Crippen molar-refractivity contribution in [3.8, 4) is 10.4 Å². The topological polar surface area (TPSA) is 52.0 Å². The van der Waals surface area contributed by atoms with Crippen molar-refractivity contribution in [2.24, 2.45) is 0 Å². The number of thiophene rings is 1. The van der Waals surface area contributed by atoms with Crippen LogP contribution in [0.4, 0.5) is 5.82 Å². The lowest BCUT2D eigenvalue weighted by Crippen LogP contribution is -1.92. The molecule has 0 spiro atoms. The summed E-state index contributed by atoms with van der Waals surface area (Å²) in [6.07, 6.45) is 2.91. The second-order valence-electron chi connectivity index (χ2n) is 4.68. The molecule has 2 aromatic heterocycles. The number of aromatic nitrogens is 1. The summed E-state index contributed by atoms with van der Waals surface area (Å²) in [5.74, 6) is 1.38. The van der Waals surface area contributed by atoms with E-state index in [2.05, 4.69) is 29.4 Å². The predicted octanol–water partition coefficient (Wildman–Crippen LogP) is 4.16. The highest BCUT2D eigenvalue weighted by atomic mass is 32.1. The number of benzene rings is 1. The maximum atomic E-state index is 5.92. The molecule has 0 aliphatic carbocycles. The van der Waals surface area contributed by atoms with Gasteiger partial charge in [-0.15, -0.1) is 11.3 Å². The molecule has 0 aliphatic heterocycles. The molecule has 20 heavy (non-hydrogen) atoms. The summed E-state index contributed by atoms with van der Waals surface area (Å²) in [4.78, 5) is 1.12. The van der Waals surface area contributed by atoms with Crippen molar-refractivity contribution in [1.29, 1.82) is 0 Å². The highest BCUT2D eigenvalue weighted by Gasteiger charge is 2.16. The smallest absolute Gasteiger partial charge is 0.175 e. The summed E-state index contributed by atoms with van der Waals surface area (Å²) in [6, 6.07) is 14.5. The fourth-order valence-electron chi connectivity index (χ4n) is 2.29. The van der Waals surface area contributed by atoms with Crippen molar-refractivity contribution in [2.45, 2.75) is 19.3 Å². The molecule has 1 aromatic carbocycles. The van der Waals surface area contributed by atoms with Gasteiger partial charge in [0, 0.05) is 11.3 Å². The van der Waals surface area contributed by atoms with E-state index in [1.807, 2.05) is 23.6 Å². The third-order valence-corrected chi connectivity index (χ3v) is 4.16. The molecular formula is C16H16N2OS. The Morgan fingerprint density at radius 3 is 2.65 bits per heavy atom. The van der Waals surface area contributed by atoms with Crippen molar-refractivity contribution in [3.05, 3.63) is 59.2 Å². The van der Waals surface area contributed by atoms with E-state index in [9.17, 15) is 0 Å². The molecule has 0 amide bonds. The largest absolute Gasteiger partial charge is 0.380 e. The maximum absolute atomic E-state index is 5.92. The molecule has 0 bridgehead atoms. The molecule has 102 valence electrons. The van der Waals surface area contributed by atoms with Gasteiger partial charge in [0.05, 0.1) is 5.56 Å². The van der Waals surface area contributed by atoms with Gasteiger partial charge in [-0.25, -0.2) is 0 Å². The van der Waals surface area contributed by atoms with Crippen LogP contribution in [0.15, 0.2) is 52.4 Å². The SMILES string of the molecule is Nc1noc(CCCc2ccccc2)c1-c1cccs1. The van der Waals surface area contributed by atoms with Gasteiger partial charge < -0.3 is 10.3 Å². The summed E-state index contributed by atoms with van der Waals surface area (Å²) in [6.45, 7) is 0. The maximum Gasteiger partial charge on any atom is 0.175 e. The van der Waals surface area contributed by atoms with E-state index in [0.29, 0.717) is 5.82 Å². The first-order chi connectivity index (χ1) is 9.84. The Bertz CT molecular complexity index is 659. The van der Waals surface area contributed by atoms with Crippen LogP contribution in [-0.4, -0.2) is 5.16 Å². The summed E-state index contributed by atoms with van der Waals surface area (Å²) in [7, 11) is 0. The zero-order valence-electron chi connectivity index (χ0n) is 11.1. The van der Waals surface area contributed by atoms with Gasteiger partial charge in [0.1, 0.15) is 5.76 Å². The van der Waals surface area contributed by atoms with Crippen LogP contribution in [0.25, 0.3) is 10.4 Å². The number of nitrogens with zero attached hydrogens (tertiary/aromatic N) is 1. The van der Waals surface area contributed by atoms with Crippen molar-refractivity contribution in [2.75, 3.05) is 5.73 Å². The fourth-order valence-corrected chi connectivity index (χ4v) is 3.09. The zero-order chi connectivity index (χ0) is 13.8. The molecule has 0 unspecified atom stereocenters. The Kier molecular flexibility index (Phi) is 3.83. The van der Waals surface area contributed by atoms with Crippen LogP contribution >= 0.6 is 11.3 Å². The first-order valence-electron chi connectivity index (χ1n) is 6.66. The van der Waals surface area contributed by atoms with E-state index in [1.165, 1.54) is 5.56 Å². The lowest BCUT2D eigenvalue weighted by atomic mass is 10.1. The van der Waals surface area contributed by atoms with E-state index >= 15 is 0 Å². The minimum Gasteiger partial charge on any atom is -0.380 e. The molecule has 2 N–H and O–H groups in total. The van der Waals surface area contributed by atoms with E-state index in [0.717, 1.165) is 35.5 Å².